The molecule has 0 saturated carbocycles. The Bertz CT molecular complexity index is 2170. The topological polar surface area (TPSA) is 18.5 Å². The number of hydrogen-bond acceptors (Lipinski definition) is 4. The van der Waals surface area contributed by atoms with Crippen molar-refractivity contribution in [1.29, 1.82) is 0 Å². The van der Waals surface area contributed by atoms with Crippen LogP contribution in [0.15, 0.2) is 129 Å². The summed E-state index contributed by atoms with van der Waals surface area (Å²) in [6.45, 7) is 9.30. The van der Waals surface area contributed by atoms with Crippen LogP contribution in [0.3, 0.4) is 0 Å². The smallest absolute Gasteiger partial charge is 0.178 e. The lowest BCUT2D eigenvalue weighted by atomic mass is 9.82. The lowest BCUT2D eigenvalue weighted by Crippen LogP contribution is -2.15. The molecule has 10 rings (SSSR count). The van der Waals surface area contributed by atoms with Gasteiger partial charge in [-0.3, -0.25) is 0 Å². The summed E-state index contributed by atoms with van der Waals surface area (Å²) in [5.74, 6) is 3.10. The van der Waals surface area contributed by atoms with Crippen LogP contribution >= 0.6 is 23.5 Å². The van der Waals surface area contributed by atoms with Gasteiger partial charge < -0.3 is 9.47 Å². The lowest BCUT2D eigenvalue weighted by Gasteiger charge is -2.28. The molecule has 0 amide bonds. The molecule has 0 N–H and O–H groups in total. The fraction of sp³-hybridized carbons (Fsp3) is 0.143. The second-order valence-corrected chi connectivity index (χ2v) is 15.8. The van der Waals surface area contributed by atoms with Crippen LogP contribution in [0.2, 0.25) is 0 Å². The molecule has 0 unspecified atom stereocenters. The van der Waals surface area contributed by atoms with Crippen molar-refractivity contribution >= 4 is 23.5 Å². The zero-order chi connectivity index (χ0) is 30.9. The molecule has 2 nitrogen and oxygen atoms in total. The van der Waals surface area contributed by atoms with Gasteiger partial charge >= 0.3 is 0 Å². The third-order valence-electron chi connectivity index (χ3n) is 10.4. The number of para-hydroxylation sites is 1. The Hall–Kier alpha value is -4.38. The van der Waals surface area contributed by atoms with Crippen LogP contribution in [-0.4, -0.2) is 0 Å². The van der Waals surface area contributed by atoms with Gasteiger partial charge in [-0.15, -0.1) is 0 Å². The van der Waals surface area contributed by atoms with Crippen molar-refractivity contribution in [2.45, 2.75) is 58.1 Å². The molecule has 4 heteroatoms. The van der Waals surface area contributed by atoms with E-state index in [2.05, 4.69) is 131 Å². The number of hydrogen-bond donors (Lipinski definition) is 0. The van der Waals surface area contributed by atoms with Gasteiger partial charge in [0.2, 0.25) is 0 Å². The van der Waals surface area contributed by atoms with E-state index in [9.17, 15) is 0 Å². The molecule has 0 aromatic heterocycles. The highest BCUT2D eigenvalue weighted by Crippen LogP contribution is 2.62. The highest BCUT2D eigenvalue weighted by molar-refractivity contribution is 8.05. The van der Waals surface area contributed by atoms with Crippen molar-refractivity contribution in [3.63, 3.8) is 0 Å². The maximum Gasteiger partial charge on any atom is 0.178 e. The van der Waals surface area contributed by atoms with Crippen molar-refractivity contribution in [1.82, 2.24) is 0 Å². The highest BCUT2D eigenvalue weighted by atomic mass is 32.2. The molecule has 46 heavy (non-hydrogen) atoms. The predicted octanol–water partition coefficient (Wildman–Crippen LogP) is 12.5. The number of benzene rings is 6. The third-order valence-corrected chi connectivity index (χ3v) is 13.1. The molecular weight excluding hydrogens is 601 g/mol. The quantitative estimate of drug-likeness (QED) is 0.180. The Kier molecular flexibility index (Phi) is 5.31. The molecule has 2 aliphatic heterocycles. The van der Waals surface area contributed by atoms with Crippen LogP contribution in [0, 0.1) is 0 Å². The first kappa shape index (κ1) is 26.8. The number of fused-ring (bicyclic) bond motifs is 12. The molecule has 0 radical (unpaired) electrons. The van der Waals surface area contributed by atoms with Crippen molar-refractivity contribution < 1.29 is 9.47 Å². The fourth-order valence-electron chi connectivity index (χ4n) is 8.12. The molecular formula is C42H30O2S2. The lowest BCUT2D eigenvalue weighted by molar-refractivity contribution is 0.361. The van der Waals surface area contributed by atoms with Crippen molar-refractivity contribution in [3.05, 3.63) is 131 Å². The Morgan fingerprint density at radius 1 is 0.413 bits per heavy atom. The maximum atomic E-state index is 7.02. The summed E-state index contributed by atoms with van der Waals surface area (Å²) in [7, 11) is 0. The van der Waals surface area contributed by atoms with Gasteiger partial charge in [0.15, 0.2) is 23.0 Å². The van der Waals surface area contributed by atoms with Crippen LogP contribution < -0.4 is 9.47 Å². The minimum atomic E-state index is -0.114. The largest absolute Gasteiger partial charge is 0.449 e. The normalized spacial score (nSPS) is 16.3. The van der Waals surface area contributed by atoms with E-state index in [1.54, 1.807) is 0 Å². The second-order valence-electron chi connectivity index (χ2n) is 13.6. The van der Waals surface area contributed by atoms with Crippen LogP contribution in [0.1, 0.15) is 49.9 Å². The van der Waals surface area contributed by atoms with Gasteiger partial charge in [0, 0.05) is 52.7 Å². The average Bonchev–Trinajstić information content (AvgIpc) is 3.46. The molecule has 0 bridgehead atoms. The van der Waals surface area contributed by atoms with E-state index in [4.69, 9.17) is 9.47 Å². The Labute approximate surface area is 277 Å². The fourth-order valence-corrected chi connectivity index (χ4v) is 10.7. The molecule has 6 aromatic carbocycles. The standard InChI is InChI=1S/C42H30O2S2/c1-41(2)27-15-7-5-11-25(27)35-29(41)19-21-32-38(35)44-37-23(13-9-17-31(37)43-32)24-14-10-18-33-39(24)46-40-34(45-33)22-20-30-36(40)26-12-6-8-16-28(26)42(30,3)4/h5-22H,1-4H3. The van der Waals surface area contributed by atoms with E-state index < -0.39 is 0 Å². The molecule has 2 aliphatic carbocycles. The van der Waals surface area contributed by atoms with Gasteiger partial charge in [0.25, 0.3) is 0 Å². The Morgan fingerprint density at radius 2 is 1.00 bits per heavy atom. The highest BCUT2D eigenvalue weighted by Gasteiger charge is 2.41. The van der Waals surface area contributed by atoms with E-state index in [1.165, 1.54) is 64.1 Å². The van der Waals surface area contributed by atoms with E-state index in [0.29, 0.717) is 0 Å². The van der Waals surface area contributed by atoms with Crippen LogP contribution in [0.25, 0.3) is 33.4 Å². The summed E-state index contributed by atoms with van der Waals surface area (Å²) in [6.07, 6.45) is 0. The van der Waals surface area contributed by atoms with Crippen LogP contribution in [0.4, 0.5) is 0 Å². The molecule has 0 saturated heterocycles. The van der Waals surface area contributed by atoms with Crippen molar-refractivity contribution in [2.75, 3.05) is 0 Å². The number of ether oxygens (including phenoxy) is 2. The first-order chi connectivity index (χ1) is 22.3. The first-order valence-electron chi connectivity index (χ1n) is 15.8. The van der Waals surface area contributed by atoms with Crippen LogP contribution in [-0.2, 0) is 10.8 Å². The zero-order valence-electron chi connectivity index (χ0n) is 26.0. The average molecular weight is 631 g/mol. The molecule has 0 fully saturated rings. The molecule has 0 atom stereocenters. The molecule has 2 heterocycles. The minimum Gasteiger partial charge on any atom is -0.449 e. The molecule has 222 valence electrons. The van der Waals surface area contributed by atoms with Gasteiger partial charge in [0.05, 0.1) is 0 Å². The summed E-state index contributed by atoms with van der Waals surface area (Å²) >= 11 is 3.78. The number of rotatable bonds is 1. The summed E-state index contributed by atoms with van der Waals surface area (Å²) in [4.78, 5) is 5.21. The summed E-state index contributed by atoms with van der Waals surface area (Å²) in [6, 6.07) is 39.5. The molecule has 6 aromatic rings. The van der Waals surface area contributed by atoms with E-state index in [-0.39, 0.29) is 10.8 Å². The first-order valence-corrected chi connectivity index (χ1v) is 17.5. The summed E-state index contributed by atoms with van der Waals surface area (Å²) in [5.41, 5.74) is 12.6. The van der Waals surface area contributed by atoms with Gasteiger partial charge in [-0.05, 0) is 57.6 Å². The van der Waals surface area contributed by atoms with Crippen molar-refractivity contribution in [3.8, 4) is 56.4 Å². The monoisotopic (exact) mass is 630 g/mol. The molecule has 0 spiro atoms. The minimum absolute atomic E-state index is 0.0313. The van der Waals surface area contributed by atoms with E-state index in [1.807, 2.05) is 29.6 Å². The van der Waals surface area contributed by atoms with Crippen LogP contribution in [0.5, 0.6) is 23.0 Å². The van der Waals surface area contributed by atoms with Gasteiger partial charge in [0.1, 0.15) is 0 Å². The summed E-state index contributed by atoms with van der Waals surface area (Å²) in [5, 5.41) is 0. The SMILES string of the molecule is CC1(C)c2ccccc2-c2c1ccc1c2Oc2c(cccc2-c2cccc3c2Sc2c(ccc4c2-c2ccccc2C4(C)C)S3)O1. The Morgan fingerprint density at radius 3 is 1.78 bits per heavy atom. The molecule has 4 aliphatic rings. The third kappa shape index (κ3) is 3.41. The zero-order valence-corrected chi connectivity index (χ0v) is 27.7. The van der Waals surface area contributed by atoms with Gasteiger partial charge in [-0.1, -0.05) is 136 Å². The van der Waals surface area contributed by atoms with Crippen molar-refractivity contribution in [2.24, 2.45) is 0 Å². The van der Waals surface area contributed by atoms with Gasteiger partial charge in [-0.25, -0.2) is 0 Å². The van der Waals surface area contributed by atoms with Gasteiger partial charge in [-0.2, -0.15) is 0 Å². The predicted molar refractivity (Wildman–Crippen MR) is 188 cm³/mol. The maximum absolute atomic E-state index is 7.02. The summed E-state index contributed by atoms with van der Waals surface area (Å²) < 4.78 is 13.7. The van der Waals surface area contributed by atoms with E-state index >= 15 is 0 Å². The van der Waals surface area contributed by atoms with E-state index in [0.717, 1.165) is 34.1 Å². The Balaban J connectivity index is 1.13. The second kappa shape index (κ2) is 9.12.